The third-order valence-corrected chi connectivity index (χ3v) is 4.23. The smallest absolute Gasteiger partial charge is 0.335 e. The fraction of sp³-hybridized carbons (Fsp3) is 0.250. The van der Waals surface area contributed by atoms with E-state index in [4.69, 9.17) is 0 Å². The van der Waals surface area contributed by atoms with Crippen molar-refractivity contribution in [1.82, 2.24) is 14.5 Å². The first-order chi connectivity index (χ1) is 9.97. The number of rotatable bonds is 1. The monoisotopic (exact) mass is 281 g/mol. The van der Waals surface area contributed by atoms with Crippen LogP contribution < -0.4 is 0 Å². The predicted octanol–water partition coefficient (Wildman–Crippen LogP) is 3.02. The van der Waals surface area contributed by atoms with Crippen LogP contribution in [0.1, 0.15) is 29.8 Å². The van der Waals surface area contributed by atoms with Crippen molar-refractivity contribution in [1.29, 1.82) is 0 Å². The summed E-state index contributed by atoms with van der Waals surface area (Å²) in [5, 5.41) is 10.2. The molecular formula is C16H15N3O2. The number of carbonyl (C=O) groups is 1. The SMILES string of the molecule is CC1(C)Cn2ccnc2-c2[nH]c3ccc(C(=O)O)cc3c21. The Morgan fingerprint density at radius 2 is 2.24 bits per heavy atom. The normalized spacial score (nSPS) is 15.7. The number of nitrogens with zero attached hydrogens (tertiary/aromatic N) is 2. The Morgan fingerprint density at radius 1 is 1.43 bits per heavy atom. The quantitative estimate of drug-likeness (QED) is 0.720. The van der Waals surface area contributed by atoms with Crippen LogP contribution in [0.15, 0.2) is 30.6 Å². The van der Waals surface area contributed by atoms with E-state index in [9.17, 15) is 9.90 Å². The standard InChI is InChI=1S/C16H15N3O2/c1-16(2)8-19-6-5-17-14(19)13-12(16)10-7-9(15(20)21)3-4-11(10)18-13/h3-7,18H,8H2,1-2H3,(H,20,21). The average molecular weight is 281 g/mol. The number of carboxylic acid groups (broad SMARTS) is 1. The van der Waals surface area contributed by atoms with Gasteiger partial charge < -0.3 is 14.7 Å². The zero-order valence-electron chi connectivity index (χ0n) is 11.8. The lowest BCUT2D eigenvalue weighted by Crippen LogP contribution is -2.29. The van der Waals surface area contributed by atoms with Crippen molar-refractivity contribution in [2.75, 3.05) is 0 Å². The molecule has 4 rings (SSSR count). The van der Waals surface area contributed by atoms with Crippen LogP contribution >= 0.6 is 0 Å². The summed E-state index contributed by atoms with van der Waals surface area (Å²) >= 11 is 0. The molecule has 0 fully saturated rings. The van der Waals surface area contributed by atoms with Crippen molar-refractivity contribution in [2.45, 2.75) is 25.8 Å². The first-order valence-corrected chi connectivity index (χ1v) is 6.88. The Morgan fingerprint density at radius 3 is 3.00 bits per heavy atom. The van der Waals surface area contributed by atoms with Gasteiger partial charge in [-0.2, -0.15) is 0 Å². The second kappa shape index (κ2) is 3.75. The minimum atomic E-state index is -0.901. The lowest BCUT2D eigenvalue weighted by Gasteiger charge is -2.31. The van der Waals surface area contributed by atoms with Crippen LogP contribution in [-0.2, 0) is 12.0 Å². The van der Waals surface area contributed by atoms with Crippen molar-refractivity contribution in [3.8, 4) is 11.5 Å². The van der Waals surface area contributed by atoms with E-state index >= 15 is 0 Å². The zero-order chi connectivity index (χ0) is 14.8. The van der Waals surface area contributed by atoms with E-state index in [-0.39, 0.29) is 5.41 Å². The van der Waals surface area contributed by atoms with Crippen LogP contribution in [0.4, 0.5) is 0 Å². The molecule has 3 aromatic rings. The lowest BCUT2D eigenvalue weighted by molar-refractivity contribution is 0.0697. The van der Waals surface area contributed by atoms with Crippen molar-refractivity contribution in [3.05, 3.63) is 41.7 Å². The van der Waals surface area contributed by atoms with Gasteiger partial charge in [-0.1, -0.05) is 13.8 Å². The average Bonchev–Trinajstić information content (AvgIpc) is 3.00. The number of imidazole rings is 1. The fourth-order valence-corrected chi connectivity index (χ4v) is 3.37. The van der Waals surface area contributed by atoms with E-state index in [2.05, 4.69) is 28.4 Å². The van der Waals surface area contributed by atoms with Crippen LogP contribution in [0.25, 0.3) is 22.4 Å². The number of hydrogen-bond donors (Lipinski definition) is 2. The molecule has 1 aliphatic heterocycles. The molecule has 0 aliphatic carbocycles. The van der Waals surface area contributed by atoms with Gasteiger partial charge in [0.05, 0.1) is 11.3 Å². The lowest BCUT2D eigenvalue weighted by atomic mass is 9.80. The number of H-pyrrole nitrogens is 1. The third-order valence-electron chi connectivity index (χ3n) is 4.23. The highest BCUT2D eigenvalue weighted by Gasteiger charge is 2.35. The summed E-state index contributed by atoms with van der Waals surface area (Å²) in [6.07, 6.45) is 3.78. The molecule has 0 radical (unpaired) electrons. The molecule has 21 heavy (non-hydrogen) atoms. The van der Waals surface area contributed by atoms with Crippen LogP contribution in [0, 0.1) is 0 Å². The Balaban J connectivity index is 2.10. The summed E-state index contributed by atoms with van der Waals surface area (Å²) in [6.45, 7) is 5.19. The number of benzene rings is 1. The number of aromatic carboxylic acids is 1. The topological polar surface area (TPSA) is 70.9 Å². The molecule has 5 heteroatoms. The van der Waals surface area contributed by atoms with Gasteiger partial charge in [-0.25, -0.2) is 9.78 Å². The first-order valence-electron chi connectivity index (χ1n) is 6.88. The van der Waals surface area contributed by atoms with Crippen molar-refractivity contribution in [3.63, 3.8) is 0 Å². The van der Waals surface area contributed by atoms with E-state index in [1.54, 1.807) is 18.3 Å². The summed E-state index contributed by atoms with van der Waals surface area (Å²) in [5.74, 6) is 0.0133. The maximum absolute atomic E-state index is 11.2. The largest absolute Gasteiger partial charge is 0.478 e. The van der Waals surface area contributed by atoms with Crippen molar-refractivity contribution in [2.24, 2.45) is 0 Å². The highest BCUT2D eigenvalue weighted by Crippen LogP contribution is 2.43. The molecule has 0 atom stereocenters. The summed E-state index contributed by atoms with van der Waals surface area (Å²) in [7, 11) is 0. The Hall–Kier alpha value is -2.56. The van der Waals surface area contributed by atoms with Gasteiger partial charge in [-0.15, -0.1) is 0 Å². The summed E-state index contributed by atoms with van der Waals surface area (Å²) in [5.41, 5.74) is 3.33. The van der Waals surface area contributed by atoms with E-state index in [0.717, 1.165) is 34.5 Å². The number of fused-ring (bicyclic) bond motifs is 5. The zero-order valence-corrected chi connectivity index (χ0v) is 11.8. The van der Waals surface area contributed by atoms with E-state index < -0.39 is 5.97 Å². The molecule has 0 saturated heterocycles. The molecule has 1 aromatic carbocycles. The highest BCUT2D eigenvalue weighted by molar-refractivity contribution is 5.98. The van der Waals surface area contributed by atoms with Crippen LogP contribution in [0.3, 0.4) is 0 Å². The van der Waals surface area contributed by atoms with Gasteiger partial charge in [-0.05, 0) is 23.8 Å². The first kappa shape index (κ1) is 12.2. The van der Waals surface area contributed by atoms with Gasteiger partial charge >= 0.3 is 5.97 Å². The molecule has 1 aliphatic rings. The van der Waals surface area contributed by atoms with Gasteiger partial charge in [0.25, 0.3) is 0 Å². The second-order valence-electron chi connectivity index (χ2n) is 6.20. The molecule has 0 spiro atoms. The number of carboxylic acids is 1. The van der Waals surface area contributed by atoms with Crippen molar-refractivity contribution < 1.29 is 9.90 Å². The molecular weight excluding hydrogens is 266 g/mol. The molecule has 5 nitrogen and oxygen atoms in total. The minimum absolute atomic E-state index is 0.0849. The maximum Gasteiger partial charge on any atom is 0.335 e. The maximum atomic E-state index is 11.2. The Labute approximate surface area is 121 Å². The van der Waals surface area contributed by atoms with Gasteiger partial charge in [-0.3, -0.25) is 0 Å². The van der Waals surface area contributed by atoms with Gasteiger partial charge in [0.2, 0.25) is 0 Å². The molecule has 0 saturated carbocycles. The Kier molecular flexibility index (Phi) is 2.18. The number of hydrogen-bond acceptors (Lipinski definition) is 2. The predicted molar refractivity (Wildman–Crippen MR) is 79.5 cm³/mol. The molecule has 0 unspecified atom stereocenters. The fourth-order valence-electron chi connectivity index (χ4n) is 3.37. The van der Waals surface area contributed by atoms with E-state index in [0.29, 0.717) is 5.56 Å². The minimum Gasteiger partial charge on any atom is -0.478 e. The van der Waals surface area contributed by atoms with E-state index in [1.165, 1.54) is 0 Å². The van der Waals surface area contributed by atoms with Gasteiger partial charge in [0.15, 0.2) is 5.82 Å². The summed E-state index contributed by atoms with van der Waals surface area (Å²) in [6, 6.07) is 5.22. The van der Waals surface area contributed by atoms with Crippen molar-refractivity contribution >= 4 is 16.9 Å². The van der Waals surface area contributed by atoms with Crippen LogP contribution in [0.2, 0.25) is 0 Å². The third kappa shape index (κ3) is 1.57. The molecule has 2 aromatic heterocycles. The summed E-state index contributed by atoms with van der Waals surface area (Å²) in [4.78, 5) is 19.1. The number of aromatic nitrogens is 3. The summed E-state index contributed by atoms with van der Waals surface area (Å²) < 4.78 is 2.13. The molecule has 2 N–H and O–H groups in total. The Bertz CT molecular complexity index is 886. The number of nitrogens with one attached hydrogen (secondary N) is 1. The highest BCUT2D eigenvalue weighted by atomic mass is 16.4. The van der Waals surface area contributed by atoms with E-state index in [1.807, 2.05) is 12.3 Å². The van der Waals surface area contributed by atoms with Crippen LogP contribution in [-0.4, -0.2) is 25.6 Å². The van der Waals surface area contributed by atoms with Crippen LogP contribution in [0.5, 0.6) is 0 Å². The number of aromatic amines is 1. The van der Waals surface area contributed by atoms with Gasteiger partial charge in [0.1, 0.15) is 0 Å². The van der Waals surface area contributed by atoms with Gasteiger partial charge in [0, 0.05) is 35.3 Å². The molecule has 0 bridgehead atoms. The molecule has 3 heterocycles. The molecule has 0 amide bonds. The molecule has 106 valence electrons. The second-order valence-corrected chi connectivity index (χ2v) is 6.20.